The molecule has 1 N–H and O–H groups in total. The number of hydrogen-bond acceptors (Lipinski definition) is 2. The zero-order chi connectivity index (χ0) is 14.8. The summed E-state index contributed by atoms with van der Waals surface area (Å²) in [5, 5.41) is 3.22. The molecule has 1 aliphatic rings. The lowest BCUT2D eigenvalue weighted by Gasteiger charge is -2.29. The van der Waals surface area contributed by atoms with Crippen molar-refractivity contribution in [2.45, 2.75) is 19.4 Å². The number of carbonyl (C=O) groups excluding carboxylic acids is 1. The van der Waals surface area contributed by atoms with Crippen LogP contribution in [0.4, 0.5) is 5.69 Å². The molecule has 0 fully saturated rings. The van der Waals surface area contributed by atoms with Gasteiger partial charge in [0, 0.05) is 23.8 Å². The lowest BCUT2D eigenvalue weighted by atomic mass is 9.98. The molecule has 1 atom stereocenters. The maximum atomic E-state index is 12.6. The number of nitrogens with one attached hydrogen (secondary N) is 1. The fourth-order valence-corrected chi connectivity index (χ4v) is 2.78. The maximum absolute atomic E-state index is 12.6. The summed E-state index contributed by atoms with van der Waals surface area (Å²) in [5.41, 5.74) is 4.18. The summed E-state index contributed by atoms with van der Waals surface area (Å²) in [5.74, 6) is 0.103. The van der Waals surface area contributed by atoms with E-state index in [1.165, 1.54) is 5.56 Å². The molecule has 3 rings (SSSR count). The predicted molar refractivity (Wildman–Crippen MR) is 85.7 cm³/mol. The van der Waals surface area contributed by atoms with Crippen LogP contribution in [0, 0.1) is 0 Å². The van der Waals surface area contributed by atoms with Gasteiger partial charge in [0.1, 0.15) is 0 Å². The van der Waals surface area contributed by atoms with Gasteiger partial charge in [-0.05, 0) is 49.7 Å². The van der Waals surface area contributed by atoms with Crippen LogP contribution in [0.1, 0.15) is 34.5 Å². The fraction of sp³-hybridized carbons (Fsp3) is 0.278. The van der Waals surface area contributed by atoms with E-state index in [4.69, 9.17) is 0 Å². The summed E-state index contributed by atoms with van der Waals surface area (Å²) in [6.07, 6.45) is 0.913. The molecule has 1 heterocycles. The number of carbonyl (C=O) groups is 1. The van der Waals surface area contributed by atoms with E-state index in [2.05, 4.69) is 24.4 Å². The lowest BCUT2D eigenvalue weighted by molar-refractivity contribution is 0.0980. The van der Waals surface area contributed by atoms with Gasteiger partial charge in [-0.25, -0.2) is 0 Å². The molecule has 3 nitrogen and oxygen atoms in total. The van der Waals surface area contributed by atoms with Gasteiger partial charge in [0.2, 0.25) is 0 Å². The van der Waals surface area contributed by atoms with Crippen molar-refractivity contribution in [3.63, 3.8) is 0 Å². The third kappa shape index (κ3) is 2.57. The van der Waals surface area contributed by atoms with Crippen LogP contribution in [-0.2, 0) is 6.42 Å². The van der Waals surface area contributed by atoms with Crippen LogP contribution in [0.15, 0.2) is 48.5 Å². The fourth-order valence-electron chi connectivity index (χ4n) is 2.78. The molecular formula is C18H20N2O. The monoisotopic (exact) mass is 280 g/mol. The molecule has 2 aromatic rings. The molecule has 2 aromatic carbocycles. The largest absolute Gasteiger partial charge is 0.313 e. The van der Waals surface area contributed by atoms with Crippen molar-refractivity contribution in [1.82, 2.24) is 5.32 Å². The summed E-state index contributed by atoms with van der Waals surface area (Å²) in [6.45, 7) is 2.87. The van der Waals surface area contributed by atoms with Gasteiger partial charge >= 0.3 is 0 Å². The zero-order valence-corrected chi connectivity index (χ0v) is 12.5. The molecule has 3 heteroatoms. The van der Waals surface area contributed by atoms with E-state index in [0.29, 0.717) is 6.04 Å². The molecule has 0 bridgehead atoms. The van der Waals surface area contributed by atoms with Crippen LogP contribution in [0.2, 0.25) is 0 Å². The van der Waals surface area contributed by atoms with Crippen molar-refractivity contribution < 1.29 is 4.79 Å². The first kappa shape index (κ1) is 13.8. The Hall–Kier alpha value is -2.13. The maximum Gasteiger partial charge on any atom is 0.258 e. The highest BCUT2D eigenvalue weighted by Gasteiger charge is 2.24. The van der Waals surface area contributed by atoms with Crippen LogP contribution in [0.25, 0.3) is 0 Å². The van der Waals surface area contributed by atoms with Gasteiger partial charge < -0.3 is 10.2 Å². The van der Waals surface area contributed by atoms with E-state index in [0.717, 1.165) is 29.8 Å². The average molecular weight is 280 g/mol. The molecule has 0 aromatic heterocycles. The van der Waals surface area contributed by atoms with Crippen molar-refractivity contribution in [2.24, 2.45) is 0 Å². The molecule has 1 unspecified atom stereocenters. The number of hydrogen-bond donors (Lipinski definition) is 1. The number of nitrogens with zero attached hydrogens (tertiary/aromatic N) is 1. The molecule has 0 radical (unpaired) electrons. The molecule has 1 amide bonds. The van der Waals surface area contributed by atoms with Gasteiger partial charge in [0.25, 0.3) is 5.91 Å². The normalized spacial score (nSPS) is 15.7. The van der Waals surface area contributed by atoms with E-state index in [1.807, 2.05) is 48.3 Å². The number of amides is 1. The highest BCUT2D eigenvalue weighted by molar-refractivity contribution is 6.08. The third-order valence-electron chi connectivity index (χ3n) is 4.24. The summed E-state index contributed by atoms with van der Waals surface area (Å²) in [7, 11) is 1.95. The van der Waals surface area contributed by atoms with E-state index >= 15 is 0 Å². The van der Waals surface area contributed by atoms with E-state index in [-0.39, 0.29) is 5.91 Å². The smallest absolute Gasteiger partial charge is 0.258 e. The minimum atomic E-state index is 0.103. The Morgan fingerprint density at radius 2 is 1.81 bits per heavy atom. The van der Waals surface area contributed by atoms with Crippen molar-refractivity contribution in [2.75, 3.05) is 18.5 Å². The van der Waals surface area contributed by atoms with E-state index in [9.17, 15) is 4.79 Å². The molecule has 0 aliphatic carbocycles. The van der Waals surface area contributed by atoms with Crippen LogP contribution in [-0.4, -0.2) is 19.5 Å². The predicted octanol–water partition coefficient (Wildman–Crippen LogP) is 3.17. The molecule has 0 spiro atoms. The zero-order valence-electron chi connectivity index (χ0n) is 12.5. The summed E-state index contributed by atoms with van der Waals surface area (Å²) < 4.78 is 0. The molecule has 0 saturated carbocycles. The molecule has 0 saturated heterocycles. The van der Waals surface area contributed by atoms with Gasteiger partial charge in [0.15, 0.2) is 0 Å². The summed E-state index contributed by atoms with van der Waals surface area (Å²) in [6, 6.07) is 16.5. The number of fused-ring (bicyclic) bond motifs is 1. The van der Waals surface area contributed by atoms with Crippen molar-refractivity contribution >= 4 is 11.6 Å². The Morgan fingerprint density at radius 3 is 2.52 bits per heavy atom. The average Bonchev–Trinajstić information content (AvgIpc) is 2.55. The standard InChI is InChI=1S/C18H20N2O/c1-13(19-2)14-7-9-16(10-8-14)20-12-11-15-5-3-4-6-17(15)18(20)21/h3-10,13,19H,11-12H2,1-2H3. The number of rotatable bonds is 3. The highest BCUT2D eigenvalue weighted by Crippen LogP contribution is 2.25. The SMILES string of the molecule is CNC(C)c1ccc(N2CCc3ccccc3C2=O)cc1. The van der Waals surface area contributed by atoms with E-state index in [1.54, 1.807) is 0 Å². The van der Waals surface area contributed by atoms with Gasteiger partial charge in [-0.1, -0.05) is 30.3 Å². The van der Waals surface area contributed by atoms with Gasteiger partial charge in [-0.15, -0.1) is 0 Å². The Balaban J connectivity index is 1.87. The molecule has 108 valence electrons. The highest BCUT2D eigenvalue weighted by atomic mass is 16.2. The van der Waals surface area contributed by atoms with Crippen molar-refractivity contribution in [1.29, 1.82) is 0 Å². The van der Waals surface area contributed by atoms with E-state index < -0.39 is 0 Å². The van der Waals surface area contributed by atoms with Crippen molar-refractivity contribution in [3.05, 3.63) is 65.2 Å². The Bertz CT molecular complexity index is 649. The van der Waals surface area contributed by atoms with Crippen LogP contribution in [0.5, 0.6) is 0 Å². The Morgan fingerprint density at radius 1 is 1.10 bits per heavy atom. The molecular weight excluding hydrogens is 260 g/mol. The minimum absolute atomic E-state index is 0.103. The molecule has 21 heavy (non-hydrogen) atoms. The second kappa shape index (κ2) is 5.70. The quantitative estimate of drug-likeness (QED) is 0.936. The van der Waals surface area contributed by atoms with Crippen molar-refractivity contribution in [3.8, 4) is 0 Å². The minimum Gasteiger partial charge on any atom is -0.313 e. The number of benzene rings is 2. The van der Waals surface area contributed by atoms with Gasteiger partial charge in [0.05, 0.1) is 0 Å². The first-order valence-corrected chi connectivity index (χ1v) is 7.37. The Labute approximate surface area is 125 Å². The molecule has 1 aliphatic heterocycles. The van der Waals surface area contributed by atoms with Crippen LogP contribution >= 0.6 is 0 Å². The third-order valence-corrected chi connectivity index (χ3v) is 4.24. The first-order valence-electron chi connectivity index (χ1n) is 7.37. The Kier molecular flexibility index (Phi) is 3.76. The van der Waals surface area contributed by atoms with Gasteiger partial charge in [-0.3, -0.25) is 4.79 Å². The number of anilines is 1. The first-order chi connectivity index (χ1) is 10.2. The second-order valence-corrected chi connectivity index (χ2v) is 5.47. The van der Waals surface area contributed by atoms with Crippen LogP contribution in [0.3, 0.4) is 0 Å². The second-order valence-electron chi connectivity index (χ2n) is 5.47. The summed E-state index contributed by atoms with van der Waals surface area (Å²) >= 11 is 0. The topological polar surface area (TPSA) is 32.3 Å². The lowest BCUT2D eigenvalue weighted by Crippen LogP contribution is -2.37. The van der Waals surface area contributed by atoms with Gasteiger partial charge in [-0.2, -0.15) is 0 Å². The van der Waals surface area contributed by atoms with Crippen LogP contribution < -0.4 is 10.2 Å². The summed E-state index contributed by atoms with van der Waals surface area (Å²) in [4.78, 5) is 14.5.